The number of rotatable bonds is 7. The van der Waals surface area contributed by atoms with Crippen LogP contribution in [0.1, 0.15) is 25.0 Å². The van der Waals surface area contributed by atoms with Crippen molar-refractivity contribution in [3.8, 4) is 11.5 Å². The van der Waals surface area contributed by atoms with Crippen LogP contribution < -0.4 is 33.4 Å². The molecule has 0 fully saturated rings. The van der Waals surface area contributed by atoms with Crippen molar-refractivity contribution in [2.45, 2.75) is 33.0 Å². The molecular formula is C23H27LiN2O4. The summed E-state index contributed by atoms with van der Waals surface area (Å²) in [6.07, 6.45) is 1.41. The predicted molar refractivity (Wildman–Crippen MR) is 109 cm³/mol. The first kappa shape index (κ1) is 23.7. The summed E-state index contributed by atoms with van der Waals surface area (Å²) >= 11 is 0. The van der Waals surface area contributed by atoms with Crippen LogP contribution in [0.5, 0.6) is 11.5 Å². The topological polar surface area (TPSA) is 65.1 Å². The average molecular weight is 402 g/mol. The molecule has 6 nitrogen and oxygen atoms in total. The molecule has 0 unspecified atom stereocenters. The van der Waals surface area contributed by atoms with Gasteiger partial charge in [0, 0.05) is 12.7 Å². The Kier molecular flexibility index (Phi) is 8.28. The molecule has 2 aromatic carbocycles. The summed E-state index contributed by atoms with van der Waals surface area (Å²) in [5, 5.41) is 12.9. The van der Waals surface area contributed by atoms with Crippen molar-refractivity contribution in [2.24, 2.45) is 5.92 Å². The van der Waals surface area contributed by atoms with Gasteiger partial charge in [0.05, 0.1) is 20.8 Å². The molecule has 2 aromatic rings. The van der Waals surface area contributed by atoms with Crippen molar-refractivity contribution in [1.82, 2.24) is 9.80 Å². The molecule has 3 rings (SSSR count). The summed E-state index contributed by atoms with van der Waals surface area (Å²) in [4.78, 5) is 16.4. The minimum Gasteiger partial charge on any atom is -0.859 e. The molecule has 0 bridgehead atoms. The number of hydrogen-bond donors (Lipinski definition) is 0. The van der Waals surface area contributed by atoms with Gasteiger partial charge < -0.3 is 24.4 Å². The molecule has 1 aliphatic rings. The molecule has 154 valence electrons. The molecule has 0 spiro atoms. The third-order valence-electron chi connectivity index (χ3n) is 5.08. The van der Waals surface area contributed by atoms with Gasteiger partial charge in [-0.1, -0.05) is 38.1 Å². The Balaban J connectivity index is 0.00000320. The second-order valence-corrected chi connectivity index (χ2v) is 7.45. The van der Waals surface area contributed by atoms with Crippen LogP contribution in [-0.4, -0.2) is 36.0 Å². The first-order chi connectivity index (χ1) is 13.9. The van der Waals surface area contributed by atoms with Crippen LogP contribution in [-0.2, 0) is 17.9 Å². The quantitative estimate of drug-likeness (QED) is 0.597. The minimum atomic E-state index is -0.507. The van der Waals surface area contributed by atoms with E-state index >= 15 is 0 Å². The number of benzene rings is 2. The van der Waals surface area contributed by atoms with Crippen LogP contribution in [0, 0.1) is 5.92 Å². The van der Waals surface area contributed by atoms with E-state index in [9.17, 15) is 9.90 Å². The normalized spacial score (nSPS) is 16.2. The Morgan fingerprint density at radius 2 is 1.37 bits per heavy atom. The van der Waals surface area contributed by atoms with Gasteiger partial charge in [0.15, 0.2) is 0 Å². The molecule has 1 aliphatic heterocycles. The Labute approximate surface area is 190 Å². The van der Waals surface area contributed by atoms with Gasteiger partial charge in [0.25, 0.3) is 0 Å². The second-order valence-electron chi connectivity index (χ2n) is 7.45. The number of nitrogens with zero attached hydrogens (tertiary/aromatic N) is 2. The van der Waals surface area contributed by atoms with E-state index in [1.807, 2.05) is 62.4 Å². The van der Waals surface area contributed by atoms with Crippen molar-refractivity contribution in [3.05, 3.63) is 71.7 Å². The standard InChI is InChI=1S/C23H28N2O4.Li/c1-16(2)22-23(27)24(13-17-5-9-19(28-3)10-6-17)15-21(26)25(22)14-18-7-11-20(29-4)12-8-18;/h5-12,15-16,22,26H,13-14H2,1-4H3;/q;+1/p-1/t22-;/m0./s1. The van der Waals surface area contributed by atoms with Gasteiger partial charge in [0.1, 0.15) is 17.5 Å². The van der Waals surface area contributed by atoms with Crippen LogP contribution in [0.4, 0.5) is 0 Å². The number of carbonyl (C=O) groups excluding carboxylic acids is 1. The smallest absolute Gasteiger partial charge is 0.859 e. The van der Waals surface area contributed by atoms with E-state index in [4.69, 9.17) is 9.47 Å². The number of ether oxygens (including phenoxy) is 2. The van der Waals surface area contributed by atoms with Gasteiger partial charge in [0.2, 0.25) is 5.91 Å². The number of amides is 1. The van der Waals surface area contributed by atoms with Crippen LogP contribution in [0.3, 0.4) is 0 Å². The van der Waals surface area contributed by atoms with Gasteiger partial charge in [-0.15, -0.1) is 0 Å². The van der Waals surface area contributed by atoms with E-state index in [2.05, 4.69) is 0 Å². The number of methoxy groups -OCH3 is 2. The average Bonchev–Trinajstić information content (AvgIpc) is 2.72. The van der Waals surface area contributed by atoms with Crippen LogP contribution in [0.2, 0.25) is 0 Å². The maximum atomic E-state index is 13.2. The van der Waals surface area contributed by atoms with Crippen molar-refractivity contribution < 1.29 is 38.2 Å². The number of carbonyl (C=O) groups is 1. The van der Waals surface area contributed by atoms with Gasteiger partial charge in [-0.25, -0.2) is 0 Å². The fraction of sp³-hybridized carbons (Fsp3) is 0.348. The van der Waals surface area contributed by atoms with Crippen molar-refractivity contribution in [2.75, 3.05) is 14.2 Å². The molecule has 7 heteroatoms. The SMILES string of the molecule is COc1ccc(CN2C=C([O-])N(Cc3ccc(OC)cc3)[C@@H](C(C)C)C2=O)cc1.[Li+]. The first-order valence-electron chi connectivity index (χ1n) is 9.64. The van der Waals surface area contributed by atoms with Gasteiger partial charge in [-0.3, -0.25) is 4.79 Å². The first-order valence-corrected chi connectivity index (χ1v) is 9.64. The Morgan fingerprint density at radius 1 is 0.900 bits per heavy atom. The summed E-state index contributed by atoms with van der Waals surface area (Å²) < 4.78 is 10.4. The fourth-order valence-electron chi connectivity index (χ4n) is 3.51. The van der Waals surface area contributed by atoms with E-state index in [1.54, 1.807) is 19.1 Å². The van der Waals surface area contributed by atoms with Crippen molar-refractivity contribution >= 4 is 5.91 Å². The fourth-order valence-corrected chi connectivity index (χ4v) is 3.51. The van der Waals surface area contributed by atoms with E-state index in [0.717, 1.165) is 22.6 Å². The molecule has 0 saturated heterocycles. The molecule has 30 heavy (non-hydrogen) atoms. The summed E-state index contributed by atoms with van der Waals surface area (Å²) in [6.45, 7) is 4.67. The van der Waals surface area contributed by atoms with Gasteiger partial charge >= 0.3 is 18.9 Å². The summed E-state index contributed by atoms with van der Waals surface area (Å²) in [5.41, 5.74) is 1.89. The number of hydrogen-bond acceptors (Lipinski definition) is 5. The van der Waals surface area contributed by atoms with Crippen molar-refractivity contribution in [3.63, 3.8) is 0 Å². The summed E-state index contributed by atoms with van der Waals surface area (Å²) in [6, 6.07) is 14.5. The van der Waals surface area contributed by atoms with E-state index in [-0.39, 0.29) is 36.6 Å². The van der Waals surface area contributed by atoms with Crippen molar-refractivity contribution in [1.29, 1.82) is 0 Å². The molecule has 1 atom stereocenters. The van der Waals surface area contributed by atoms with Gasteiger partial charge in [-0.05, 0) is 47.2 Å². The molecule has 0 saturated carbocycles. The summed E-state index contributed by atoms with van der Waals surface area (Å²) in [5.74, 6) is 1.28. The molecular weight excluding hydrogens is 375 g/mol. The zero-order valence-corrected chi connectivity index (χ0v) is 18.3. The van der Waals surface area contributed by atoms with E-state index in [0.29, 0.717) is 13.1 Å². The summed E-state index contributed by atoms with van der Waals surface area (Å²) in [7, 11) is 3.23. The monoisotopic (exact) mass is 402 g/mol. The third kappa shape index (κ3) is 5.32. The predicted octanol–water partition coefficient (Wildman–Crippen LogP) is -0.264. The molecule has 1 amide bonds. The van der Waals surface area contributed by atoms with E-state index < -0.39 is 6.04 Å². The van der Waals surface area contributed by atoms with E-state index in [1.165, 1.54) is 11.1 Å². The second kappa shape index (κ2) is 10.5. The molecule has 0 aliphatic carbocycles. The molecule has 1 heterocycles. The molecule has 0 N–H and O–H groups in total. The van der Waals surface area contributed by atoms with Crippen LogP contribution >= 0.6 is 0 Å². The Bertz CT molecular complexity index is 866. The van der Waals surface area contributed by atoms with Crippen LogP contribution in [0.25, 0.3) is 0 Å². The zero-order valence-electron chi connectivity index (χ0n) is 18.3. The largest absolute Gasteiger partial charge is 1.00 e. The Hall–Kier alpha value is -2.55. The maximum Gasteiger partial charge on any atom is 1.00 e. The Morgan fingerprint density at radius 3 is 1.80 bits per heavy atom. The zero-order chi connectivity index (χ0) is 21.0. The van der Waals surface area contributed by atoms with Gasteiger partial charge in [-0.2, -0.15) is 0 Å². The third-order valence-corrected chi connectivity index (χ3v) is 5.08. The van der Waals surface area contributed by atoms with Crippen LogP contribution in [0.15, 0.2) is 60.6 Å². The maximum absolute atomic E-state index is 13.2. The molecule has 0 radical (unpaired) electrons. The molecule has 0 aromatic heterocycles. The minimum absolute atomic E-state index is 0.